The number of rotatable bonds is 3. The number of hydrogen-bond acceptors (Lipinski definition) is 2. The van der Waals surface area contributed by atoms with Crippen LogP contribution < -0.4 is 5.32 Å². The number of carbonyl (C=O) groups is 2. The molecular formula is C14H8Cl2INO3. The van der Waals surface area contributed by atoms with E-state index in [-0.39, 0.29) is 16.5 Å². The maximum absolute atomic E-state index is 12.1. The van der Waals surface area contributed by atoms with Gasteiger partial charge in [-0.15, -0.1) is 0 Å². The number of amides is 1. The summed E-state index contributed by atoms with van der Waals surface area (Å²) in [5.74, 6) is -1.48. The van der Waals surface area contributed by atoms with Gasteiger partial charge in [0.25, 0.3) is 5.91 Å². The van der Waals surface area contributed by atoms with Gasteiger partial charge in [0.2, 0.25) is 0 Å². The Hall–Kier alpha value is -1.31. The fourth-order valence-corrected chi connectivity index (χ4v) is 2.38. The summed E-state index contributed by atoms with van der Waals surface area (Å²) in [5, 5.41) is 12.1. The van der Waals surface area contributed by atoms with Crippen molar-refractivity contribution in [3.05, 3.63) is 61.1 Å². The summed E-state index contributed by atoms with van der Waals surface area (Å²) >= 11 is 13.9. The lowest BCUT2D eigenvalue weighted by Crippen LogP contribution is -2.12. The normalized spacial score (nSPS) is 10.2. The lowest BCUT2D eigenvalue weighted by molar-refractivity contribution is 0.0697. The highest BCUT2D eigenvalue weighted by molar-refractivity contribution is 14.1. The SMILES string of the molecule is O=C(Nc1ccc(C(=O)O)c(Cl)c1)c1ccc(I)c(Cl)c1. The highest BCUT2D eigenvalue weighted by Gasteiger charge is 2.12. The van der Waals surface area contributed by atoms with E-state index >= 15 is 0 Å². The third-order valence-electron chi connectivity index (χ3n) is 2.64. The molecule has 0 saturated carbocycles. The van der Waals surface area contributed by atoms with Crippen LogP contribution in [0.5, 0.6) is 0 Å². The van der Waals surface area contributed by atoms with Crippen molar-refractivity contribution < 1.29 is 14.7 Å². The van der Waals surface area contributed by atoms with Crippen LogP contribution in [-0.4, -0.2) is 17.0 Å². The van der Waals surface area contributed by atoms with Crippen LogP contribution in [0, 0.1) is 3.57 Å². The molecule has 2 aromatic rings. The zero-order chi connectivity index (χ0) is 15.6. The van der Waals surface area contributed by atoms with Crippen LogP contribution >= 0.6 is 45.8 Å². The van der Waals surface area contributed by atoms with E-state index in [2.05, 4.69) is 27.9 Å². The van der Waals surface area contributed by atoms with Crippen LogP contribution in [0.2, 0.25) is 10.0 Å². The average molecular weight is 436 g/mol. The van der Waals surface area contributed by atoms with Crippen molar-refractivity contribution in [2.45, 2.75) is 0 Å². The van der Waals surface area contributed by atoms with Crippen molar-refractivity contribution in [3.8, 4) is 0 Å². The zero-order valence-corrected chi connectivity index (χ0v) is 14.0. The molecule has 0 unspecified atom stereocenters. The van der Waals surface area contributed by atoms with Crippen LogP contribution in [0.15, 0.2) is 36.4 Å². The third-order valence-corrected chi connectivity index (χ3v) is 4.52. The Kier molecular flexibility index (Phi) is 5.08. The molecule has 2 N–H and O–H groups in total. The van der Waals surface area contributed by atoms with Crippen molar-refractivity contribution in [2.24, 2.45) is 0 Å². The Morgan fingerprint density at radius 3 is 2.33 bits per heavy atom. The van der Waals surface area contributed by atoms with E-state index in [9.17, 15) is 9.59 Å². The van der Waals surface area contributed by atoms with Crippen molar-refractivity contribution in [1.82, 2.24) is 0 Å². The third kappa shape index (κ3) is 3.87. The Morgan fingerprint density at radius 2 is 1.76 bits per heavy atom. The first-order chi connectivity index (χ1) is 9.88. The first-order valence-electron chi connectivity index (χ1n) is 5.67. The minimum absolute atomic E-state index is 0.0213. The van der Waals surface area contributed by atoms with Gasteiger partial charge < -0.3 is 10.4 Å². The van der Waals surface area contributed by atoms with E-state index in [1.807, 2.05) is 0 Å². The van der Waals surface area contributed by atoms with E-state index in [0.29, 0.717) is 16.3 Å². The van der Waals surface area contributed by atoms with E-state index in [0.717, 1.165) is 3.57 Å². The molecule has 2 rings (SSSR count). The van der Waals surface area contributed by atoms with Gasteiger partial charge in [0.05, 0.1) is 15.6 Å². The molecule has 0 aliphatic rings. The summed E-state index contributed by atoms with van der Waals surface area (Å²) in [6, 6.07) is 9.14. The Labute approximate surface area is 144 Å². The quantitative estimate of drug-likeness (QED) is 0.695. The molecule has 0 fully saturated rings. The number of aromatic carboxylic acids is 1. The summed E-state index contributed by atoms with van der Waals surface area (Å²) < 4.78 is 0.847. The minimum atomic E-state index is -1.12. The van der Waals surface area contributed by atoms with Gasteiger partial charge in [-0.05, 0) is 59.0 Å². The number of carboxylic acid groups (broad SMARTS) is 1. The van der Waals surface area contributed by atoms with E-state index in [4.69, 9.17) is 28.3 Å². The monoisotopic (exact) mass is 435 g/mol. The number of benzene rings is 2. The molecule has 0 aliphatic carbocycles. The maximum atomic E-state index is 12.1. The summed E-state index contributed by atoms with van der Waals surface area (Å²) in [6.45, 7) is 0. The van der Waals surface area contributed by atoms with Crippen molar-refractivity contribution >= 4 is 63.4 Å². The standard InChI is InChI=1S/C14H8Cl2INO3/c15-10-6-8(2-3-9(10)14(20)21)18-13(19)7-1-4-12(17)11(16)5-7/h1-6H,(H,18,19)(H,20,21). The largest absolute Gasteiger partial charge is 0.478 e. The number of anilines is 1. The topological polar surface area (TPSA) is 66.4 Å². The van der Waals surface area contributed by atoms with Crippen molar-refractivity contribution in [2.75, 3.05) is 5.32 Å². The van der Waals surface area contributed by atoms with Crippen LogP contribution in [0.1, 0.15) is 20.7 Å². The molecule has 0 radical (unpaired) electrons. The van der Waals surface area contributed by atoms with Gasteiger partial charge in [0.15, 0.2) is 0 Å². The lowest BCUT2D eigenvalue weighted by atomic mass is 10.2. The first-order valence-corrected chi connectivity index (χ1v) is 7.51. The number of nitrogens with one attached hydrogen (secondary N) is 1. The lowest BCUT2D eigenvalue weighted by Gasteiger charge is -2.08. The second-order valence-electron chi connectivity index (χ2n) is 4.08. The second kappa shape index (κ2) is 6.64. The Balaban J connectivity index is 2.21. The zero-order valence-electron chi connectivity index (χ0n) is 10.4. The molecule has 0 spiro atoms. The molecule has 7 heteroatoms. The summed E-state index contributed by atoms with van der Waals surface area (Å²) in [4.78, 5) is 22.9. The predicted molar refractivity (Wildman–Crippen MR) is 90.5 cm³/mol. The molecule has 0 aromatic heterocycles. The Bertz CT molecular complexity index is 734. The second-order valence-corrected chi connectivity index (χ2v) is 6.06. The molecule has 4 nitrogen and oxygen atoms in total. The van der Waals surface area contributed by atoms with Crippen LogP contribution in [-0.2, 0) is 0 Å². The van der Waals surface area contributed by atoms with Crippen molar-refractivity contribution in [1.29, 1.82) is 0 Å². The van der Waals surface area contributed by atoms with Gasteiger partial charge in [-0.2, -0.15) is 0 Å². The fraction of sp³-hybridized carbons (Fsp3) is 0. The number of halogens is 3. The number of carboxylic acids is 1. The smallest absolute Gasteiger partial charge is 0.337 e. The molecular weight excluding hydrogens is 428 g/mol. The van der Waals surface area contributed by atoms with Gasteiger partial charge in [0.1, 0.15) is 0 Å². The molecule has 0 saturated heterocycles. The fourth-order valence-electron chi connectivity index (χ4n) is 1.61. The van der Waals surface area contributed by atoms with E-state index in [1.54, 1.807) is 18.2 Å². The van der Waals surface area contributed by atoms with Crippen molar-refractivity contribution in [3.63, 3.8) is 0 Å². The molecule has 1 amide bonds. The molecule has 108 valence electrons. The van der Waals surface area contributed by atoms with Crippen LogP contribution in [0.25, 0.3) is 0 Å². The molecule has 0 bridgehead atoms. The van der Waals surface area contributed by atoms with Gasteiger partial charge >= 0.3 is 5.97 Å². The van der Waals surface area contributed by atoms with Gasteiger partial charge in [0, 0.05) is 14.8 Å². The molecule has 2 aromatic carbocycles. The average Bonchev–Trinajstić information content (AvgIpc) is 2.41. The van der Waals surface area contributed by atoms with Gasteiger partial charge in [-0.3, -0.25) is 4.79 Å². The van der Waals surface area contributed by atoms with E-state index < -0.39 is 5.97 Å². The molecule has 0 aliphatic heterocycles. The Morgan fingerprint density at radius 1 is 1.05 bits per heavy atom. The highest BCUT2D eigenvalue weighted by Crippen LogP contribution is 2.23. The molecule has 21 heavy (non-hydrogen) atoms. The van der Waals surface area contributed by atoms with E-state index in [1.165, 1.54) is 18.2 Å². The first kappa shape index (κ1) is 16.1. The minimum Gasteiger partial charge on any atom is -0.478 e. The number of hydrogen-bond donors (Lipinski definition) is 2. The van der Waals surface area contributed by atoms with Crippen LogP contribution in [0.4, 0.5) is 5.69 Å². The molecule has 0 atom stereocenters. The highest BCUT2D eigenvalue weighted by atomic mass is 127. The summed E-state index contributed by atoms with van der Waals surface area (Å²) in [6.07, 6.45) is 0. The van der Waals surface area contributed by atoms with Gasteiger partial charge in [-0.25, -0.2) is 4.79 Å². The predicted octanol–water partition coefficient (Wildman–Crippen LogP) is 4.55. The summed E-state index contributed by atoms with van der Waals surface area (Å²) in [5.41, 5.74) is 0.787. The van der Waals surface area contributed by atoms with Gasteiger partial charge in [-0.1, -0.05) is 23.2 Å². The maximum Gasteiger partial charge on any atom is 0.337 e. The number of carbonyl (C=O) groups excluding carboxylic acids is 1. The molecule has 0 heterocycles. The summed E-state index contributed by atoms with van der Waals surface area (Å²) in [7, 11) is 0. The van der Waals surface area contributed by atoms with Crippen LogP contribution in [0.3, 0.4) is 0 Å².